The number of carbonyl (C=O) groups is 2. The van der Waals surface area contributed by atoms with E-state index in [1.54, 1.807) is 0 Å². The number of hydrogen-bond donors (Lipinski definition) is 2. The standard InChI is InChI=1S/C18H24F2N6O2.HI/c1-2-21-17(22-5-6-26-16(27)12-23-18(26)28)25-9-7-24(8-10-25)15-11-13(19)3-4-14(15)20;/h3-4,11H,2,5-10,12H2,1H3,(H,21,22)(H,23,28);1H. The zero-order valence-electron chi connectivity index (χ0n) is 16.2. The minimum Gasteiger partial charge on any atom is -0.366 e. The minimum absolute atomic E-state index is 0. The number of halogens is 3. The molecule has 2 fully saturated rings. The zero-order valence-corrected chi connectivity index (χ0v) is 18.5. The molecule has 8 nitrogen and oxygen atoms in total. The molecule has 3 rings (SSSR count). The number of nitrogens with zero attached hydrogens (tertiary/aromatic N) is 4. The van der Waals surface area contributed by atoms with Crippen molar-refractivity contribution < 1.29 is 18.4 Å². The molecule has 0 aromatic heterocycles. The van der Waals surface area contributed by atoms with E-state index in [2.05, 4.69) is 15.6 Å². The second-order valence-electron chi connectivity index (χ2n) is 6.51. The van der Waals surface area contributed by atoms with Gasteiger partial charge < -0.3 is 20.4 Å². The number of nitrogens with one attached hydrogen (secondary N) is 2. The highest BCUT2D eigenvalue weighted by Gasteiger charge is 2.28. The molecule has 1 aromatic carbocycles. The van der Waals surface area contributed by atoms with Crippen LogP contribution in [0.15, 0.2) is 23.2 Å². The van der Waals surface area contributed by atoms with Crippen molar-refractivity contribution >= 4 is 47.6 Å². The number of urea groups is 1. The second kappa shape index (κ2) is 10.6. The fourth-order valence-corrected chi connectivity index (χ4v) is 3.25. The molecular weight excluding hydrogens is 497 g/mol. The largest absolute Gasteiger partial charge is 0.366 e. The van der Waals surface area contributed by atoms with Gasteiger partial charge in [0.1, 0.15) is 11.6 Å². The topological polar surface area (TPSA) is 80.3 Å². The first-order valence-corrected chi connectivity index (χ1v) is 9.31. The average Bonchev–Trinajstić information content (AvgIpc) is 3.01. The van der Waals surface area contributed by atoms with Crippen LogP contribution in [0.4, 0.5) is 19.3 Å². The van der Waals surface area contributed by atoms with E-state index in [1.165, 1.54) is 6.07 Å². The number of rotatable bonds is 5. The third kappa shape index (κ3) is 5.67. The molecule has 0 saturated carbocycles. The molecule has 0 bridgehead atoms. The molecular formula is C18H25F2IN6O2. The van der Waals surface area contributed by atoms with Gasteiger partial charge in [0.05, 0.1) is 25.3 Å². The van der Waals surface area contributed by atoms with Crippen LogP contribution in [0.25, 0.3) is 0 Å². The molecule has 29 heavy (non-hydrogen) atoms. The summed E-state index contributed by atoms with van der Waals surface area (Å²) in [5, 5.41) is 5.67. The Morgan fingerprint density at radius 3 is 2.55 bits per heavy atom. The Bertz CT molecular complexity index is 755. The summed E-state index contributed by atoms with van der Waals surface area (Å²) in [6.45, 7) is 5.38. The molecule has 0 aliphatic carbocycles. The van der Waals surface area contributed by atoms with Crippen LogP contribution in [-0.2, 0) is 4.79 Å². The predicted molar refractivity (Wildman–Crippen MR) is 117 cm³/mol. The Hall–Kier alpha value is -2.18. The number of amides is 3. The van der Waals surface area contributed by atoms with Gasteiger partial charge in [0.25, 0.3) is 0 Å². The van der Waals surface area contributed by atoms with Crippen molar-refractivity contribution in [2.24, 2.45) is 4.99 Å². The lowest BCUT2D eigenvalue weighted by molar-refractivity contribution is -0.124. The fraction of sp³-hybridized carbons (Fsp3) is 0.500. The number of piperazine rings is 1. The van der Waals surface area contributed by atoms with Crippen molar-refractivity contribution in [3.05, 3.63) is 29.8 Å². The molecule has 2 aliphatic rings. The normalized spacial score (nSPS) is 17.3. The number of imide groups is 1. The highest BCUT2D eigenvalue weighted by molar-refractivity contribution is 14.0. The van der Waals surface area contributed by atoms with Gasteiger partial charge in [-0.05, 0) is 19.1 Å². The summed E-state index contributed by atoms with van der Waals surface area (Å²) in [6.07, 6.45) is 0. The maximum Gasteiger partial charge on any atom is 0.324 e. The maximum atomic E-state index is 14.0. The van der Waals surface area contributed by atoms with Crippen LogP contribution in [0.1, 0.15) is 6.92 Å². The van der Waals surface area contributed by atoms with E-state index >= 15 is 0 Å². The average molecular weight is 522 g/mol. The molecule has 2 aliphatic heterocycles. The Morgan fingerprint density at radius 1 is 1.21 bits per heavy atom. The minimum atomic E-state index is -0.464. The van der Waals surface area contributed by atoms with Crippen LogP contribution in [-0.4, -0.2) is 80.1 Å². The Kier molecular flexibility index (Phi) is 8.41. The van der Waals surface area contributed by atoms with Crippen molar-refractivity contribution in [2.45, 2.75) is 6.92 Å². The SMILES string of the molecule is CCNC(=NCCN1C(=O)CNC1=O)N1CCN(c2cc(F)ccc2F)CC1.I. The second-order valence-corrected chi connectivity index (χ2v) is 6.51. The van der Waals surface area contributed by atoms with Crippen LogP contribution in [0, 0.1) is 11.6 Å². The molecule has 0 unspecified atom stereocenters. The van der Waals surface area contributed by atoms with Gasteiger partial charge in [0, 0.05) is 38.8 Å². The fourth-order valence-electron chi connectivity index (χ4n) is 3.25. The molecule has 3 amide bonds. The number of guanidine groups is 1. The van der Waals surface area contributed by atoms with Gasteiger partial charge in [-0.1, -0.05) is 0 Å². The number of benzene rings is 1. The number of hydrogen-bond acceptors (Lipinski definition) is 4. The van der Waals surface area contributed by atoms with Crippen molar-refractivity contribution in [1.29, 1.82) is 0 Å². The number of aliphatic imine (C=N–C) groups is 1. The van der Waals surface area contributed by atoms with Gasteiger partial charge in [-0.15, -0.1) is 24.0 Å². The van der Waals surface area contributed by atoms with E-state index in [1.807, 2.05) is 16.7 Å². The van der Waals surface area contributed by atoms with Crippen LogP contribution in [0.3, 0.4) is 0 Å². The molecule has 160 valence electrons. The zero-order chi connectivity index (χ0) is 20.1. The summed E-state index contributed by atoms with van der Waals surface area (Å²) in [4.78, 5) is 32.7. The third-order valence-electron chi connectivity index (χ3n) is 4.69. The van der Waals surface area contributed by atoms with Crippen molar-refractivity contribution in [3.63, 3.8) is 0 Å². The summed E-state index contributed by atoms with van der Waals surface area (Å²) in [7, 11) is 0. The van der Waals surface area contributed by atoms with Gasteiger partial charge >= 0.3 is 6.03 Å². The Labute approximate surface area is 185 Å². The van der Waals surface area contributed by atoms with Gasteiger partial charge in [-0.3, -0.25) is 14.7 Å². The van der Waals surface area contributed by atoms with Crippen molar-refractivity contribution in [3.8, 4) is 0 Å². The van der Waals surface area contributed by atoms with Crippen LogP contribution in [0.2, 0.25) is 0 Å². The smallest absolute Gasteiger partial charge is 0.324 e. The van der Waals surface area contributed by atoms with Crippen molar-refractivity contribution in [1.82, 2.24) is 20.4 Å². The van der Waals surface area contributed by atoms with E-state index in [4.69, 9.17) is 0 Å². The summed E-state index contributed by atoms with van der Waals surface area (Å²) in [5.74, 6) is -0.483. The van der Waals surface area contributed by atoms with Crippen LogP contribution in [0.5, 0.6) is 0 Å². The lowest BCUT2D eigenvalue weighted by Gasteiger charge is -2.37. The molecule has 2 saturated heterocycles. The van der Waals surface area contributed by atoms with E-state index in [-0.39, 0.29) is 48.7 Å². The molecule has 11 heteroatoms. The first-order chi connectivity index (χ1) is 13.5. The predicted octanol–water partition coefficient (Wildman–Crippen LogP) is 1.22. The summed E-state index contributed by atoms with van der Waals surface area (Å²) >= 11 is 0. The van der Waals surface area contributed by atoms with Gasteiger partial charge in [-0.2, -0.15) is 0 Å². The van der Waals surface area contributed by atoms with Gasteiger partial charge in [0.2, 0.25) is 5.91 Å². The maximum absolute atomic E-state index is 14.0. The highest BCUT2D eigenvalue weighted by Crippen LogP contribution is 2.21. The summed E-state index contributed by atoms with van der Waals surface area (Å²) in [6, 6.07) is 3.06. The Morgan fingerprint density at radius 2 is 1.93 bits per heavy atom. The first-order valence-electron chi connectivity index (χ1n) is 9.31. The van der Waals surface area contributed by atoms with Crippen LogP contribution >= 0.6 is 24.0 Å². The van der Waals surface area contributed by atoms with Gasteiger partial charge in [0.15, 0.2) is 5.96 Å². The Balaban J connectivity index is 0.00000300. The van der Waals surface area contributed by atoms with Crippen LogP contribution < -0.4 is 15.5 Å². The molecule has 0 radical (unpaired) electrons. The van der Waals surface area contributed by atoms with E-state index in [0.717, 1.165) is 17.0 Å². The molecule has 2 N–H and O–H groups in total. The monoisotopic (exact) mass is 522 g/mol. The number of carbonyl (C=O) groups excluding carboxylic acids is 2. The lowest BCUT2D eigenvalue weighted by atomic mass is 10.2. The van der Waals surface area contributed by atoms with Gasteiger partial charge in [-0.25, -0.2) is 13.6 Å². The van der Waals surface area contributed by atoms with E-state index < -0.39 is 17.7 Å². The molecule has 0 atom stereocenters. The highest BCUT2D eigenvalue weighted by atomic mass is 127. The van der Waals surface area contributed by atoms with E-state index in [9.17, 15) is 18.4 Å². The first kappa shape index (κ1) is 23.1. The molecule has 1 aromatic rings. The number of anilines is 1. The lowest BCUT2D eigenvalue weighted by Crippen LogP contribution is -2.53. The van der Waals surface area contributed by atoms with Crippen molar-refractivity contribution in [2.75, 3.05) is 57.3 Å². The van der Waals surface area contributed by atoms with E-state index in [0.29, 0.717) is 45.2 Å². The molecule has 0 spiro atoms. The summed E-state index contributed by atoms with van der Waals surface area (Å²) in [5.41, 5.74) is 0.264. The third-order valence-corrected chi connectivity index (χ3v) is 4.69. The molecule has 2 heterocycles. The quantitative estimate of drug-likeness (QED) is 0.263. The summed E-state index contributed by atoms with van der Waals surface area (Å²) < 4.78 is 27.4.